The van der Waals surface area contributed by atoms with Gasteiger partial charge in [0.15, 0.2) is 29.6 Å². The summed E-state index contributed by atoms with van der Waals surface area (Å²) in [5.74, 6) is 1.48. The second kappa shape index (κ2) is 11.3. The average Bonchev–Trinajstić information content (AvgIpc) is 3.51. The van der Waals surface area contributed by atoms with Crippen LogP contribution >= 0.6 is 12.2 Å². The van der Waals surface area contributed by atoms with Gasteiger partial charge in [-0.2, -0.15) is 4.98 Å². The maximum atomic E-state index is 13.4. The van der Waals surface area contributed by atoms with E-state index in [0.717, 1.165) is 36.1 Å². The SMILES string of the molecule is CCCN1C(=O)COc2ccc(-n3c4nc(Nc5ccc6c(ccn6CCN(C)C)c5)ncc4c(=O)n3CC=S)nc21. The lowest BCUT2D eigenvalue weighted by Gasteiger charge is -2.28. The lowest BCUT2D eigenvalue weighted by Crippen LogP contribution is -2.40. The summed E-state index contributed by atoms with van der Waals surface area (Å²) in [6, 6.07) is 11.7. The highest BCUT2D eigenvalue weighted by Gasteiger charge is 2.28. The van der Waals surface area contributed by atoms with Crippen molar-refractivity contribution in [1.29, 1.82) is 0 Å². The first-order valence-corrected chi connectivity index (χ1v) is 14.2. The average molecular weight is 586 g/mol. The van der Waals surface area contributed by atoms with Gasteiger partial charge in [-0.05, 0) is 56.9 Å². The minimum Gasteiger partial charge on any atom is -0.480 e. The van der Waals surface area contributed by atoms with E-state index < -0.39 is 0 Å². The van der Waals surface area contributed by atoms with Gasteiger partial charge >= 0.3 is 0 Å². The van der Waals surface area contributed by atoms with E-state index in [9.17, 15) is 9.59 Å². The number of benzene rings is 1. The van der Waals surface area contributed by atoms with Gasteiger partial charge in [-0.25, -0.2) is 19.3 Å². The van der Waals surface area contributed by atoms with Crippen molar-refractivity contribution in [3.8, 4) is 11.6 Å². The molecule has 5 heterocycles. The molecule has 6 rings (SSSR count). The van der Waals surface area contributed by atoms with Crippen molar-refractivity contribution >= 4 is 62.9 Å². The van der Waals surface area contributed by atoms with Crippen LogP contribution in [0.5, 0.6) is 5.75 Å². The van der Waals surface area contributed by atoms with Crippen LogP contribution in [0, 0.1) is 0 Å². The molecule has 0 saturated carbocycles. The molecule has 1 amide bonds. The molecule has 42 heavy (non-hydrogen) atoms. The molecule has 1 aliphatic heterocycles. The number of aromatic nitrogens is 6. The zero-order valence-corrected chi connectivity index (χ0v) is 24.5. The summed E-state index contributed by atoms with van der Waals surface area (Å²) in [6.45, 7) is 4.46. The molecule has 0 saturated heterocycles. The summed E-state index contributed by atoms with van der Waals surface area (Å²) in [5.41, 5.74) is 2.03. The molecule has 1 aromatic carbocycles. The number of carbonyl (C=O) groups excluding carboxylic acids is 1. The number of nitrogens with one attached hydrogen (secondary N) is 1. The van der Waals surface area contributed by atoms with Crippen LogP contribution < -0.4 is 20.5 Å². The van der Waals surface area contributed by atoms with Gasteiger partial charge in [-0.15, -0.1) is 0 Å². The van der Waals surface area contributed by atoms with Crippen LogP contribution in [0.15, 0.2) is 53.6 Å². The Kier molecular flexibility index (Phi) is 7.43. The Labute approximate surface area is 247 Å². The molecular weight excluding hydrogens is 554 g/mol. The largest absolute Gasteiger partial charge is 0.480 e. The van der Waals surface area contributed by atoms with Crippen molar-refractivity contribution in [3.63, 3.8) is 0 Å². The standard InChI is InChI=1S/C29H31N9O3S/c1-4-10-36-25(39)18-41-23-7-8-24(32-27(23)36)38-26-21(28(40)37(38)14-15-42)17-30-29(33-26)31-20-5-6-22-19(16-20)9-11-35(22)13-12-34(2)3/h5-9,11,15-17H,4,10,12-14,18H2,1-3H3,(H,30,31,33). The molecule has 0 spiro atoms. The van der Waals surface area contributed by atoms with Gasteiger partial charge in [0.2, 0.25) is 5.95 Å². The summed E-state index contributed by atoms with van der Waals surface area (Å²) in [4.78, 5) is 43.7. The van der Waals surface area contributed by atoms with E-state index in [2.05, 4.69) is 52.2 Å². The number of hydrogen-bond donors (Lipinski definition) is 1. The van der Waals surface area contributed by atoms with E-state index in [0.29, 0.717) is 40.9 Å². The van der Waals surface area contributed by atoms with Gasteiger partial charge in [0.25, 0.3) is 11.5 Å². The summed E-state index contributed by atoms with van der Waals surface area (Å²) in [5, 5.41) is 6.17. The number of carbonyl (C=O) groups is 1. The first-order chi connectivity index (χ1) is 20.4. The minimum absolute atomic E-state index is 0.0368. The van der Waals surface area contributed by atoms with Gasteiger partial charge in [0.05, 0.1) is 6.54 Å². The normalized spacial score (nSPS) is 13.1. The van der Waals surface area contributed by atoms with Crippen LogP contribution in [-0.4, -0.2) is 78.8 Å². The van der Waals surface area contributed by atoms with E-state index in [-0.39, 0.29) is 24.6 Å². The second-order valence-electron chi connectivity index (χ2n) is 10.3. The summed E-state index contributed by atoms with van der Waals surface area (Å²) >= 11 is 5.11. The number of pyridine rings is 1. The molecule has 0 unspecified atom stereocenters. The quantitative estimate of drug-likeness (QED) is 0.246. The summed E-state index contributed by atoms with van der Waals surface area (Å²) < 4.78 is 10.9. The monoisotopic (exact) mass is 585 g/mol. The van der Waals surface area contributed by atoms with E-state index in [1.807, 2.05) is 19.1 Å². The maximum absolute atomic E-state index is 13.4. The van der Waals surface area contributed by atoms with Crippen molar-refractivity contribution in [2.75, 3.05) is 44.0 Å². The zero-order chi connectivity index (χ0) is 29.4. The van der Waals surface area contributed by atoms with Crippen molar-refractivity contribution in [1.82, 2.24) is 33.8 Å². The van der Waals surface area contributed by atoms with Crippen molar-refractivity contribution in [2.24, 2.45) is 0 Å². The van der Waals surface area contributed by atoms with Crippen LogP contribution in [0.3, 0.4) is 0 Å². The third-order valence-corrected chi connectivity index (χ3v) is 7.28. The van der Waals surface area contributed by atoms with Crippen molar-refractivity contribution in [2.45, 2.75) is 26.4 Å². The number of fused-ring (bicyclic) bond motifs is 3. The predicted molar refractivity (Wildman–Crippen MR) is 166 cm³/mol. The first-order valence-electron chi connectivity index (χ1n) is 13.8. The number of nitrogens with zero attached hydrogens (tertiary/aromatic N) is 8. The number of thiocarbonyl (C=S) groups is 1. The Morgan fingerprint density at radius 3 is 2.76 bits per heavy atom. The molecular formula is C29H31N9O3S. The minimum atomic E-state index is -0.296. The molecule has 0 bridgehead atoms. The highest BCUT2D eigenvalue weighted by atomic mass is 32.1. The molecule has 0 fully saturated rings. The molecule has 0 aliphatic carbocycles. The number of amides is 1. The van der Waals surface area contributed by atoms with Crippen LogP contribution in [0.25, 0.3) is 27.8 Å². The second-order valence-corrected chi connectivity index (χ2v) is 10.7. The zero-order valence-electron chi connectivity index (χ0n) is 23.6. The fourth-order valence-corrected chi connectivity index (χ4v) is 5.25. The van der Waals surface area contributed by atoms with E-state index in [1.54, 1.807) is 21.7 Å². The molecule has 1 N–H and O–H groups in total. The smallest absolute Gasteiger partial charge is 0.278 e. The molecule has 12 nitrogen and oxygen atoms in total. The Balaban J connectivity index is 1.40. The molecule has 1 aliphatic rings. The van der Waals surface area contributed by atoms with Gasteiger partial charge in [0.1, 0.15) is 5.39 Å². The van der Waals surface area contributed by atoms with Crippen molar-refractivity contribution < 1.29 is 9.53 Å². The number of likely N-dealkylation sites (N-methyl/N-ethyl adjacent to an activating group) is 1. The van der Waals surface area contributed by atoms with Crippen molar-refractivity contribution in [3.05, 3.63) is 59.1 Å². The van der Waals surface area contributed by atoms with Gasteiger partial charge in [0, 0.05) is 54.0 Å². The summed E-state index contributed by atoms with van der Waals surface area (Å²) in [7, 11) is 4.12. The lowest BCUT2D eigenvalue weighted by atomic mass is 10.2. The Morgan fingerprint density at radius 1 is 1.12 bits per heavy atom. The first kappa shape index (κ1) is 27.5. The predicted octanol–water partition coefficient (Wildman–Crippen LogP) is 3.37. The number of anilines is 3. The van der Waals surface area contributed by atoms with E-state index >= 15 is 0 Å². The van der Waals surface area contributed by atoms with Crippen LogP contribution in [-0.2, 0) is 17.9 Å². The molecule has 5 aromatic rings. The Morgan fingerprint density at radius 2 is 1.98 bits per heavy atom. The molecule has 4 aromatic heterocycles. The van der Waals surface area contributed by atoms with Gasteiger partial charge in [-0.3, -0.25) is 14.5 Å². The third kappa shape index (κ3) is 5.01. The number of rotatable bonds is 10. The van der Waals surface area contributed by atoms with E-state index in [1.165, 1.54) is 16.2 Å². The molecule has 13 heteroatoms. The highest BCUT2D eigenvalue weighted by molar-refractivity contribution is 7.78. The van der Waals surface area contributed by atoms with Gasteiger partial charge in [-0.1, -0.05) is 19.1 Å². The fraction of sp³-hybridized carbons (Fsp3) is 0.310. The molecule has 216 valence electrons. The van der Waals surface area contributed by atoms with Crippen LogP contribution in [0.2, 0.25) is 0 Å². The lowest BCUT2D eigenvalue weighted by molar-refractivity contribution is -0.121. The number of hydrogen-bond acceptors (Lipinski definition) is 9. The molecule has 0 atom stereocenters. The third-order valence-electron chi connectivity index (χ3n) is 7.13. The van der Waals surface area contributed by atoms with Gasteiger partial charge < -0.3 is 19.5 Å². The topological polar surface area (TPSA) is 115 Å². The number of ether oxygens (including phenoxy) is 1. The fourth-order valence-electron chi connectivity index (χ4n) is 5.11. The summed E-state index contributed by atoms with van der Waals surface area (Å²) in [6.07, 6.45) is 4.35. The van der Waals surface area contributed by atoms with Crippen LogP contribution in [0.4, 0.5) is 17.5 Å². The van der Waals surface area contributed by atoms with E-state index in [4.69, 9.17) is 26.9 Å². The maximum Gasteiger partial charge on any atom is 0.278 e. The van der Waals surface area contributed by atoms with Crippen LogP contribution in [0.1, 0.15) is 13.3 Å². The Hall–Kier alpha value is -4.62. The highest BCUT2D eigenvalue weighted by Crippen LogP contribution is 2.32. The molecule has 0 radical (unpaired) electrons. The Bertz CT molecular complexity index is 1870.